The molecule has 0 aromatic heterocycles. The molecule has 0 radical (unpaired) electrons. The van der Waals surface area contributed by atoms with E-state index in [0.29, 0.717) is 11.4 Å². The van der Waals surface area contributed by atoms with Crippen molar-refractivity contribution in [3.05, 3.63) is 107 Å². The lowest BCUT2D eigenvalue weighted by atomic mass is 9.99. The molecule has 0 aliphatic carbocycles. The molecular weight excluding hydrogens is 454 g/mol. The van der Waals surface area contributed by atoms with Crippen LogP contribution in [-0.4, -0.2) is 29.0 Å². The van der Waals surface area contributed by atoms with Crippen LogP contribution in [0, 0.1) is 0 Å². The molecule has 0 saturated carbocycles. The maximum absolute atomic E-state index is 12.4. The minimum Gasteiger partial charge on any atom is -0.478 e. The highest BCUT2D eigenvalue weighted by Gasteiger charge is 2.18. The van der Waals surface area contributed by atoms with Gasteiger partial charge in [0.1, 0.15) is 6.61 Å². The van der Waals surface area contributed by atoms with Crippen LogP contribution in [0.4, 0.5) is 0 Å². The van der Waals surface area contributed by atoms with E-state index in [4.69, 9.17) is 21.4 Å². The maximum atomic E-state index is 12.4. The van der Waals surface area contributed by atoms with E-state index in [0.717, 1.165) is 34.4 Å². The predicted octanol–water partition coefficient (Wildman–Crippen LogP) is 4.81. The van der Waals surface area contributed by atoms with Gasteiger partial charge >= 0.3 is 11.9 Å². The molecule has 0 heterocycles. The molecule has 0 aliphatic rings. The van der Waals surface area contributed by atoms with Crippen molar-refractivity contribution in [1.29, 1.82) is 0 Å². The Morgan fingerprint density at radius 3 is 2.29 bits per heavy atom. The molecule has 2 N–H and O–H groups in total. The van der Waals surface area contributed by atoms with Gasteiger partial charge in [-0.1, -0.05) is 78.3 Å². The number of carbonyl (C=O) groups excluding carboxylic acids is 2. The fourth-order valence-corrected chi connectivity index (χ4v) is 3.54. The third kappa shape index (κ3) is 8.22. The molecule has 1 amide bonds. The monoisotopic (exact) mass is 477 g/mol. The largest absolute Gasteiger partial charge is 0.478 e. The summed E-state index contributed by atoms with van der Waals surface area (Å²) >= 11 is 6.08. The minimum atomic E-state index is -1.23. The molecule has 6 nitrogen and oxygen atoms in total. The Bertz CT molecular complexity index is 1160. The summed E-state index contributed by atoms with van der Waals surface area (Å²) in [5.41, 5.74) is 3.72. The number of hydrogen-bond donors (Lipinski definition) is 2. The minimum absolute atomic E-state index is 0.0600. The number of carboxylic acid groups (broad SMARTS) is 1. The zero-order valence-corrected chi connectivity index (χ0v) is 19.1. The van der Waals surface area contributed by atoms with Crippen molar-refractivity contribution in [3.8, 4) is 11.1 Å². The molecule has 0 saturated heterocycles. The standard InChI is InChI=1S/C27H24ClNO5/c28-23-8-4-7-22(16-23)21-11-9-19(10-12-21)15-24(29-25(30)13-14-26(31)32)17-27(33)34-18-20-5-2-1-3-6-20/h1-14,16,24H,15,17-18H2,(H,29,30)(H,31,32). The maximum Gasteiger partial charge on any atom is 0.328 e. The second-order valence-electron chi connectivity index (χ2n) is 7.64. The highest BCUT2D eigenvalue weighted by atomic mass is 35.5. The normalized spacial score (nSPS) is 11.7. The summed E-state index contributed by atoms with van der Waals surface area (Å²) < 4.78 is 5.35. The molecule has 174 valence electrons. The van der Waals surface area contributed by atoms with Crippen molar-refractivity contribution < 1.29 is 24.2 Å². The first kappa shape index (κ1) is 24.7. The van der Waals surface area contributed by atoms with E-state index in [1.54, 1.807) is 0 Å². The molecule has 0 bridgehead atoms. The van der Waals surface area contributed by atoms with Gasteiger partial charge in [-0.25, -0.2) is 4.79 Å². The van der Waals surface area contributed by atoms with Crippen molar-refractivity contribution in [1.82, 2.24) is 5.32 Å². The highest BCUT2D eigenvalue weighted by molar-refractivity contribution is 6.30. The number of carbonyl (C=O) groups is 3. The van der Waals surface area contributed by atoms with Crippen LogP contribution in [0.1, 0.15) is 17.5 Å². The number of amides is 1. The Hall–Kier alpha value is -3.90. The van der Waals surface area contributed by atoms with Gasteiger partial charge in [-0.15, -0.1) is 0 Å². The number of rotatable bonds is 10. The molecule has 1 atom stereocenters. The number of benzene rings is 3. The SMILES string of the molecule is O=C(O)C=CC(=O)NC(CC(=O)OCc1ccccc1)Cc1ccc(-c2cccc(Cl)c2)cc1. The first-order valence-electron chi connectivity index (χ1n) is 10.6. The summed E-state index contributed by atoms with van der Waals surface area (Å²) in [4.78, 5) is 35.3. The Morgan fingerprint density at radius 1 is 0.882 bits per heavy atom. The van der Waals surface area contributed by atoms with E-state index in [-0.39, 0.29) is 13.0 Å². The average molecular weight is 478 g/mol. The molecule has 7 heteroatoms. The number of hydrogen-bond acceptors (Lipinski definition) is 4. The van der Waals surface area contributed by atoms with Crippen molar-refractivity contribution in [2.45, 2.75) is 25.5 Å². The second-order valence-corrected chi connectivity index (χ2v) is 8.08. The lowest BCUT2D eigenvalue weighted by Crippen LogP contribution is -2.37. The number of ether oxygens (including phenoxy) is 1. The Morgan fingerprint density at radius 2 is 1.62 bits per heavy atom. The first-order chi connectivity index (χ1) is 16.4. The molecule has 1 unspecified atom stereocenters. The van der Waals surface area contributed by atoms with Crippen LogP contribution in [-0.2, 0) is 32.1 Å². The van der Waals surface area contributed by atoms with Crippen molar-refractivity contribution in [3.63, 3.8) is 0 Å². The number of esters is 1. The van der Waals surface area contributed by atoms with Gasteiger partial charge in [-0.05, 0) is 40.8 Å². The fraction of sp³-hybridized carbons (Fsp3) is 0.148. The summed E-state index contributed by atoms with van der Waals surface area (Å²) in [5.74, 6) is -2.30. The highest BCUT2D eigenvalue weighted by Crippen LogP contribution is 2.23. The van der Waals surface area contributed by atoms with Gasteiger partial charge in [0, 0.05) is 23.2 Å². The van der Waals surface area contributed by atoms with E-state index in [1.165, 1.54) is 0 Å². The van der Waals surface area contributed by atoms with Crippen LogP contribution in [0.2, 0.25) is 5.02 Å². The number of carboxylic acids is 1. The summed E-state index contributed by atoms with van der Waals surface area (Å²) in [6.07, 6.45) is 1.98. The molecular formula is C27H24ClNO5. The van der Waals surface area contributed by atoms with E-state index < -0.39 is 23.9 Å². The van der Waals surface area contributed by atoms with Crippen LogP contribution in [0.3, 0.4) is 0 Å². The smallest absolute Gasteiger partial charge is 0.328 e. The Balaban J connectivity index is 1.67. The van der Waals surface area contributed by atoms with Crippen molar-refractivity contribution in [2.24, 2.45) is 0 Å². The van der Waals surface area contributed by atoms with Crippen LogP contribution in [0.5, 0.6) is 0 Å². The second kappa shape index (κ2) is 12.4. The van der Waals surface area contributed by atoms with Crippen LogP contribution < -0.4 is 5.32 Å². The lowest BCUT2D eigenvalue weighted by Gasteiger charge is -2.18. The summed E-state index contributed by atoms with van der Waals surface area (Å²) in [7, 11) is 0. The van der Waals surface area contributed by atoms with Gasteiger partial charge in [0.25, 0.3) is 0 Å². The van der Waals surface area contributed by atoms with Crippen LogP contribution in [0.25, 0.3) is 11.1 Å². The van der Waals surface area contributed by atoms with E-state index >= 15 is 0 Å². The summed E-state index contributed by atoms with van der Waals surface area (Å²) in [6, 6.07) is 23.9. The number of nitrogens with one attached hydrogen (secondary N) is 1. The van der Waals surface area contributed by atoms with Gasteiger partial charge in [0.05, 0.1) is 6.42 Å². The lowest BCUT2D eigenvalue weighted by molar-refractivity contribution is -0.145. The number of aliphatic carboxylic acids is 1. The third-order valence-corrected chi connectivity index (χ3v) is 5.21. The van der Waals surface area contributed by atoms with E-state index in [1.807, 2.05) is 78.9 Å². The molecule has 0 spiro atoms. The molecule has 3 aromatic rings. The Kier molecular flexibility index (Phi) is 9.00. The molecule has 34 heavy (non-hydrogen) atoms. The average Bonchev–Trinajstić information content (AvgIpc) is 2.82. The summed E-state index contributed by atoms with van der Waals surface area (Å²) in [6.45, 7) is 0.133. The zero-order valence-electron chi connectivity index (χ0n) is 18.3. The first-order valence-corrected chi connectivity index (χ1v) is 11.0. The zero-order chi connectivity index (χ0) is 24.3. The fourth-order valence-electron chi connectivity index (χ4n) is 3.35. The van der Waals surface area contributed by atoms with E-state index in [9.17, 15) is 14.4 Å². The predicted molar refractivity (Wildman–Crippen MR) is 130 cm³/mol. The number of halogens is 1. The van der Waals surface area contributed by atoms with Crippen molar-refractivity contribution in [2.75, 3.05) is 0 Å². The van der Waals surface area contributed by atoms with Gasteiger partial charge in [0.2, 0.25) is 5.91 Å². The molecule has 3 rings (SSSR count). The third-order valence-electron chi connectivity index (χ3n) is 4.97. The van der Waals surface area contributed by atoms with Gasteiger partial charge in [-0.2, -0.15) is 0 Å². The molecule has 3 aromatic carbocycles. The van der Waals surface area contributed by atoms with Crippen LogP contribution >= 0.6 is 11.6 Å². The topological polar surface area (TPSA) is 92.7 Å². The molecule has 0 fully saturated rings. The van der Waals surface area contributed by atoms with Crippen LogP contribution in [0.15, 0.2) is 91.0 Å². The Labute approximate surface area is 202 Å². The van der Waals surface area contributed by atoms with Gasteiger partial charge in [-0.3, -0.25) is 9.59 Å². The summed E-state index contributed by atoms with van der Waals surface area (Å²) in [5, 5.41) is 12.1. The van der Waals surface area contributed by atoms with Gasteiger partial charge in [0.15, 0.2) is 0 Å². The quantitative estimate of drug-likeness (QED) is 0.323. The van der Waals surface area contributed by atoms with E-state index in [2.05, 4.69) is 5.32 Å². The molecule has 0 aliphatic heterocycles. The van der Waals surface area contributed by atoms with Gasteiger partial charge < -0.3 is 15.2 Å². The van der Waals surface area contributed by atoms with Crippen molar-refractivity contribution >= 4 is 29.4 Å².